The van der Waals surface area contributed by atoms with Gasteiger partial charge in [0.2, 0.25) is 0 Å². The van der Waals surface area contributed by atoms with Crippen LogP contribution >= 0.6 is 11.3 Å². The summed E-state index contributed by atoms with van der Waals surface area (Å²) in [7, 11) is 1.54. The molecule has 0 unspecified atom stereocenters. The van der Waals surface area contributed by atoms with E-state index in [0.717, 1.165) is 11.3 Å². The summed E-state index contributed by atoms with van der Waals surface area (Å²) in [5, 5.41) is 11.2. The number of thiazole rings is 1. The van der Waals surface area contributed by atoms with Crippen LogP contribution in [0.15, 0.2) is 80.1 Å². The van der Waals surface area contributed by atoms with Gasteiger partial charge in [-0.3, -0.25) is 19.5 Å². The molecule has 0 saturated heterocycles. The molecule has 1 aliphatic heterocycles. The van der Waals surface area contributed by atoms with Gasteiger partial charge in [-0.1, -0.05) is 29.5 Å². The number of ether oxygens (including phenoxy) is 3. The molecule has 4 aromatic rings. The second-order valence-corrected chi connectivity index (χ2v) is 10.2. The number of esters is 1. The van der Waals surface area contributed by atoms with Crippen molar-refractivity contribution in [2.45, 2.75) is 26.8 Å². The maximum absolute atomic E-state index is 13.9. The van der Waals surface area contributed by atoms with Crippen molar-refractivity contribution in [1.29, 1.82) is 0 Å². The molecule has 0 radical (unpaired) electrons. The second kappa shape index (κ2) is 11.9. The number of aromatic nitrogens is 1. The van der Waals surface area contributed by atoms with Crippen LogP contribution in [0.5, 0.6) is 11.5 Å². The van der Waals surface area contributed by atoms with Crippen LogP contribution in [0.25, 0.3) is 17.4 Å². The Labute approximate surface area is 243 Å². The predicted molar refractivity (Wildman–Crippen MR) is 155 cm³/mol. The Balaban J connectivity index is 1.64. The minimum Gasteiger partial charge on any atom is -0.493 e. The number of carbonyl (C=O) groups is 1. The van der Waals surface area contributed by atoms with Crippen molar-refractivity contribution >= 4 is 29.1 Å². The molecule has 1 aliphatic rings. The molecule has 0 fully saturated rings. The molecule has 42 heavy (non-hydrogen) atoms. The Morgan fingerprint density at radius 2 is 1.95 bits per heavy atom. The summed E-state index contributed by atoms with van der Waals surface area (Å²) in [6, 6.07) is 13.9. The zero-order valence-electron chi connectivity index (χ0n) is 23.3. The molecule has 2 aromatic carbocycles. The van der Waals surface area contributed by atoms with E-state index in [4.69, 9.17) is 18.6 Å². The second-order valence-electron chi connectivity index (χ2n) is 9.16. The van der Waals surface area contributed by atoms with E-state index >= 15 is 0 Å². The van der Waals surface area contributed by atoms with Crippen molar-refractivity contribution < 1.29 is 28.3 Å². The predicted octanol–water partition coefficient (Wildman–Crippen LogP) is 4.37. The fourth-order valence-corrected chi connectivity index (χ4v) is 5.75. The van der Waals surface area contributed by atoms with Crippen LogP contribution in [0, 0.1) is 10.1 Å². The smallest absolute Gasteiger partial charge is 0.338 e. The Kier molecular flexibility index (Phi) is 8.07. The zero-order chi connectivity index (χ0) is 30.0. The van der Waals surface area contributed by atoms with E-state index in [2.05, 4.69) is 4.99 Å². The van der Waals surface area contributed by atoms with Crippen LogP contribution in [0.4, 0.5) is 5.69 Å². The number of methoxy groups -OCH3 is 1. The molecule has 1 atom stereocenters. The number of hydrogen-bond acceptors (Lipinski definition) is 10. The van der Waals surface area contributed by atoms with Crippen molar-refractivity contribution in [2.24, 2.45) is 4.99 Å². The lowest BCUT2D eigenvalue weighted by molar-refractivity contribution is -0.384. The number of furan rings is 1. The standard InChI is InChI=1S/C30H27N3O8S/c1-5-39-24-15-19(10-12-23(24)38-4)27-26(29(35)40-6-2)17(3)31-30-32(27)28(34)25(42-30)16-21-11-13-22(41-21)18-8-7-9-20(14-18)33(36)37/h7-16,27H,5-6H2,1-4H3/b25-16-/t27-/m0/s1. The number of allylic oxidation sites excluding steroid dienone is 1. The number of nitro groups is 1. The van der Waals surface area contributed by atoms with Crippen LogP contribution < -0.4 is 24.4 Å². The van der Waals surface area contributed by atoms with Crippen LogP contribution in [0.2, 0.25) is 0 Å². The fraction of sp³-hybridized carbons (Fsp3) is 0.233. The Bertz CT molecular complexity index is 1900. The highest BCUT2D eigenvalue weighted by atomic mass is 32.1. The highest BCUT2D eigenvalue weighted by Gasteiger charge is 2.34. The van der Waals surface area contributed by atoms with Gasteiger partial charge < -0.3 is 18.6 Å². The normalized spacial score (nSPS) is 14.8. The lowest BCUT2D eigenvalue weighted by Gasteiger charge is -2.25. The number of nitrogens with zero attached hydrogens (tertiary/aromatic N) is 3. The highest BCUT2D eigenvalue weighted by molar-refractivity contribution is 7.07. The van der Waals surface area contributed by atoms with Gasteiger partial charge in [0.25, 0.3) is 11.2 Å². The minimum atomic E-state index is -0.829. The first-order chi connectivity index (χ1) is 20.2. The van der Waals surface area contributed by atoms with Crippen LogP contribution in [-0.2, 0) is 9.53 Å². The van der Waals surface area contributed by atoms with Gasteiger partial charge in [-0.25, -0.2) is 9.79 Å². The van der Waals surface area contributed by atoms with Gasteiger partial charge in [-0.15, -0.1) is 0 Å². The Morgan fingerprint density at radius 3 is 2.67 bits per heavy atom. The number of hydrogen-bond donors (Lipinski definition) is 0. The fourth-order valence-electron chi connectivity index (χ4n) is 4.73. The van der Waals surface area contributed by atoms with Crippen molar-refractivity contribution in [3.63, 3.8) is 0 Å². The summed E-state index contributed by atoms with van der Waals surface area (Å²) in [5.74, 6) is 1.21. The molecular weight excluding hydrogens is 562 g/mol. The van der Waals surface area contributed by atoms with Gasteiger partial charge in [0.1, 0.15) is 11.5 Å². The van der Waals surface area contributed by atoms with Crippen molar-refractivity contribution in [1.82, 2.24) is 4.57 Å². The topological polar surface area (TPSA) is 135 Å². The molecule has 3 heterocycles. The minimum absolute atomic E-state index is 0.0578. The van der Waals surface area contributed by atoms with Crippen LogP contribution in [0.1, 0.15) is 38.1 Å². The number of carbonyl (C=O) groups excluding carboxylic acids is 1. The molecule has 0 spiro atoms. The average Bonchev–Trinajstić information content (AvgIpc) is 3.56. The average molecular weight is 590 g/mol. The van der Waals surface area contributed by atoms with E-state index in [0.29, 0.717) is 55.8 Å². The van der Waals surface area contributed by atoms with Crippen molar-refractivity contribution in [3.8, 4) is 22.8 Å². The number of rotatable bonds is 9. The Morgan fingerprint density at radius 1 is 1.14 bits per heavy atom. The largest absolute Gasteiger partial charge is 0.493 e. The molecule has 2 aromatic heterocycles. The molecule has 11 nitrogen and oxygen atoms in total. The first kappa shape index (κ1) is 28.6. The quantitative estimate of drug-likeness (QED) is 0.160. The van der Waals surface area contributed by atoms with E-state index in [1.807, 2.05) is 6.92 Å². The summed E-state index contributed by atoms with van der Waals surface area (Å²) in [4.78, 5) is 42.8. The van der Waals surface area contributed by atoms with Gasteiger partial charge in [0.15, 0.2) is 16.3 Å². The van der Waals surface area contributed by atoms with Gasteiger partial charge in [-0.2, -0.15) is 0 Å². The Hall–Kier alpha value is -4.97. The van der Waals surface area contributed by atoms with Crippen molar-refractivity contribution in [2.75, 3.05) is 20.3 Å². The SMILES string of the molecule is CCOC(=O)C1=C(C)N=c2s/c(=C\c3ccc(-c4cccc([N+](=O)[O-])c4)o3)c(=O)n2[C@H]1c1ccc(OC)c(OCC)c1. The number of non-ortho nitro benzene ring substituents is 1. The first-order valence-corrected chi connectivity index (χ1v) is 13.9. The molecule has 12 heteroatoms. The lowest BCUT2D eigenvalue weighted by Crippen LogP contribution is -2.39. The third kappa shape index (κ3) is 5.36. The molecule has 0 aliphatic carbocycles. The summed E-state index contributed by atoms with van der Waals surface area (Å²) in [6.07, 6.45) is 1.59. The highest BCUT2D eigenvalue weighted by Crippen LogP contribution is 2.36. The summed E-state index contributed by atoms with van der Waals surface area (Å²) in [5.41, 5.74) is 1.40. The molecule has 0 bridgehead atoms. The number of nitro benzene ring substituents is 1. The molecule has 0 saturated carbocycles. The summed E-state index contributed by atoms with van der Waals surface area (Å²) >= 11 is 1.16. The number of fused-ring (bicyclic) bond motifs is 1. The van der Waals surface area contributed by atoms with Crippen LogP contribution in [0.3, 0.4) is 0 Å². The summed E-state index contributed by atoms with van der Waals surface area (Å²) < 4.78 is 24.3. The zero-order valence-corrected chi connectivity index (χ0v) is 24.1. The third-order valence-corrected chi connectivity index (χ3v) is 7.54. The molecule has 216 valence electrons. The van der Waals surface area contributed by atoms with Gasteiger partial charge in [0.05, 0.1) is 47.1 Å². The van der Waals surface area contributed by atoms with E-state index in [9.17, 15) is 19.7 Å². The van der Waals surface area contributed by atoms with E-state index in [-0.39, 0.29) is 23.4 Å². The van der Waals surface area contributed by atoms with E-state index < -0.39 is 16.9 Å². The maximum Gasteiger partial charge on any atom is 0.338 e. The van der Waals surface area contributed by atoms with E-state index in [1.165, 1.54) is 23.8 Å². The molecular formula is C30H27N3O8S. The maximum atomic E-state index is 13.9. The summed E-state index contributed by atoms with van der Waals surface area (Å²) in [6.45, 7) is 5.82. The molecule has 0 amide bonds. The third-order valence-electron chi connectivity index (χ3n) is 6.56. The van der Waals surface area contributed by atoms with Gasteiger partial charge in [-0.05, 0) is 50.6 Å². The first-order valence-electron chi connectivity index (χ1n) is 13.1. The van der Waals surface area contributed by atoms with Gasteiger partial charge >= 0.3 is 5.97 Å². The number of benzene rings is 2. The van der Waals surface area contributed by atoms with Crippen LogP contribution in [-0.4, -0.2) is 35.8 Å². The monoisotopic (exact) mass is 589 g/mol. The van der Waals surface area contributed by atoms with E-state index in [1.54, 1.807) is 62.4 Å². The van der Waals surface area contributed by atoms with Crippen molar-refractivity contribution in [3.05, 3.63) is 107 Å². The van der Waals surface area contributed by atoms with Gasteiger partial charge in [0, 0.05) is 23.8 Å². The molecule has 0 N–H and O–H groups in total. The molecule has 5 rings (SSSR count). The lowest BCUT2D eigenvalue weighted by atomic mass is 9.95.